The number of likely N-dealkylation sites (N-methyl/N-ethyl adjacent to an activating group) is 2. The number of rotatable bonds is 13. The molecule has 7 atom stereocenters. The first-order valence-corrected chi connectivity index (χ1v) is 30.4. The molecule has 4 aliphatic heterocycles. The van der Waals surface area contributed by atoms with E-state index in [0.29, 0.717) is 76.5 Å². The van der Waals surface area contributed by atoms with Gasteiger partial charge < -0.3 is 34.0 Å². The highest BCUT2D eigenvalue weighted by Gasteiger charge is 2.45. The number of anilines is 2. The number of aromatic nitrogens is 4. The molecule has 4 fully saturated rings. The zero-order valence-electron chi connectivity index (χ0n) is 45.6. The Balaban J connectivity index is 0.749. The van der Waals surface area contributed by atoms with Crippen LogP contribution in [0.1, 0.15) is 113 Å². The lowest BCUT2D eigenvalue weighted by atomic mass is 9.64. The Labute approximate surface area is 467 Å². The van der Waals surface area contributed by atoms with E-state index >= 15 is 0 Å². The van der Waals surface area contributed by atoms with E-state index < -0.39 is 0 Å². The third kappa shape index (κ3) is 10.2. The van der Waals surface area contributed by atoms with E-state index in [9.17, 15) is 20.1 Å². The van der Waals surface area contributed by atoms with Crippen molar-refractivity contribution in [3.8, 4) is 24.2 Å². The van der Waals surface area contributed by atoms with E-state index in [1.165, 1.54) is 44.2 Å². The molecule has 0 N–H and O–H groups in total. The van der Waals surface area contributed by atoms with E-state index in [4.69, 9.17) is 29.4 Å². The smallest absolute Gasteiger partial charge is 0.318 e. The lowest BCUT2D eigenvalue weighted by Gasteiger charge is -2.44. The van der Waals surface area contributed by atoms with Crippen LogP contribution in [0.25, 0.3) is 0 Å². The highest BCUT2D eigenvalue weighted by Crippen LogP contribution is 2.51. The molecule has 4 aromatic rings. The normalized spacial score (nSPS) is 27.9. The number of carbonyl (C=O) groups excluding carboxylic acids is 2. The number of nitriles is 2. The molecular formula is C60H74N12O4S2. The second kappa shape index (κ2) is 22.0. The number of hydrogen-bond donors (Lipinski definition) is 0. The standard InChI is InChI=1S/C60H74N12O4S2/c1-5-53(73)71-25-23-69(34-41(71)13-20-61)55-47-12-19-60(30-50(47)63-57(65-55)75-36-43-8-7-22-67(43)3)17-10-45-48(38-78-52(45)32-60)40-28-44(68(4)33-40)37-76-58-64-49-29-59(16-9-39-15-27-77-51(39)31-59)18-11-46(49)56(66-58)70-24-26-72(54(74)6-2)42(35-70)14-21-62/h5-6,15,27,38,40-44H,1-2,7-14,16-19,22-26,28-37H2,3-4H3/t40?,41?,42?,43?,44?,59-,60+/m1/s1. The van der Waals surface area contributed by atoms with E-state index in [-0.39, 0.29) is 53.6 Å². The summed E-state index contributed by atoms with van der Waals surface area (Å²) in [7, 11) is 4.40. The summed E-state index contributed by atoms with van der Waals surface area (Å²) in [5.41, 5.74) is 9.42. The van der Waals surface area contributed by atoms with Crippen LogP contribution in [-0.2, 0) is 61.0 Å². The van der Waals surface area contributed by atoms with Crippen molar-refractivity contribution < 1.29 is 19.1 Å². The van der Waals surface area contributed by atoms with Gasteiger partial charge >= 0.3 is 12.0 Å². The molecule has 0 aromatic carbocycles. The number of hydrogen-bond acceptors (Lipinski definition) is 16. The summed E-state index contributed by atoms with van der Waals surface area (Å²) in [6, 6.07) is 7.86. The van der Waals surface area contributed by atoms with Crippen molar-refractivity contribution >= 4 is 46.1 Å². The van der Waals surface area contributed by atoms with Gasteiger partial charge in [-0.15, -0.1) is 22.7 Å². The second-order valence-electron chi connectivity index (χ2n) is 24.0. The number of nitrogens with zero attached hydrogens (tertiary/aromatic N) is 12. The molecule has 2 spiro atoms. The minimum absolute atomic E-state index is 0.0996. The molecule has 18 heteroatoms. The summed E-state index contributed by atoms with van der Waals surface area (Å²) in [5.74, 6) is 1.95. The van der Waals surface area contributed by atoms with Gasteiger partial charge in [-0.25, -0.2) is 0 Å². The molecule has 4 aromatic heterocycles. The average molecular weight is 1090 g/mol. The fourth-order valence-corrected chi connectivity index (χ4v) is 17.4. The maximum Gasteiger partial charge on any atom is 0.318 e. The summed E-state index contributed by atoms with van der Waals surface area (Å²) in [6.45, 7) is 13.9. The van der Waals surface area contributed by atoms with Crippen LogP contribution in [0.15, 0.2) is 42.1 Å². The van der Waals surface area contributed by atoms with E-state index in [1.807, 2.05) is 22.7 Å². The van der Waals surface area contributed by atoms with Crippen molar-refractivity contribution in [3.63, 3.8) is 0 Å². The van der Waals surface area contributed by atoms with Gasteiger partial charge in [0.15, 0.2) is 0 Å². The molecule has 78 heavy (non-hydrogen) atoms. The number of carbonyl (C=O) groups is 2. The van der Waals surface area contributed by atoms with Crippen LogP contribution in [-0.4, -0.2) is 155 Å². The van der Waals surface area contributed by atoms with Crippen LogP contribution in [0.2, 0.25) is 0 Å². The molecule has 16 nitrogen and oxygen atoms in total. The number of thiophene rings is 2. The monoisotopic (exact) mass is 1090 g/mol. The molecule has 0 saturated carbocycles. The Kier molecular flexibility index (Phi) is 14.9. The number of fused-ring (bicyclic) bond motifs is 4. The summed E-state index contributed by atoms with van der Waals surface area (Å²) in [4.78, 5) is 62.7. The SMILES string of the molecule is C=CC(=O)N1CCN(c2nc(OCC3CC(c4csc5c4CC[C@@]4(CCc6c(nc(OCC7CCCN7C)nc6N6CCN(C(=O)C=C)C(CC#N)C6)C4)C5)CN3C)nc3c2CC[C@]2(CCc4ccsc4C2)C3)CC1CC#N. The second-order valence-corrected chi connectivity index (χ2v) is 26.0. The minimum atomic E-state index is -0.253. The maximum absolute atomic E-state index is 12.9. The molecule has 0 radical (unpaired) electrons. The van der Waals surface area contributed by atoms with Crippen LogP contribution in [0.4, 0.5) is 11.6 Å². The average Bonchev–Trinajstić information content (AvgIpc) is 4.37. The fourth-order valence-electron chi connectivity index (χ4n) is 15.0. The van der Waals surface area contributed by atoms with Gasteiger partial charge in [0.25, 0.3) is 0 Å². The number of aryl methyl sites for hydroxylation is 1. The van der Waals surface area contributed by atoms with Gasteiger partial charge in [0.05, 0.1) is 48.5 Å². The molecule has 8 heterocycles. The molecule has 410 valence electrons. The summed E-state index contributed by atoms with van der Waals surface area (Å²) >= 11 is 3.84. The van der Waals surface area contributed by atoms with Crippen LogP contribution in [0, 0.1) is 33.5 Å². The predicted molar refractivity (Wildman–Crippen MR) is 302 cm³/mol. The minimum Gasteiger partial charge on any atom is -0.462 e. The van der Waals surface area contributed by atoms with Gasteiger partial charge in [0.2, 0.25) is 11.8 Å². The Bertz CT molecular complexity index is 3050. The van der Waals surface area contributed by atoms with Crippen molar-refractivity contribution in [2.24, 2.45) is 10.8 Å². The first kappa shape index (κ1) is 52.8. The Hall–Kier alpha value is -5.92. The van der Waals surface area contributed by atoms with E-state index in [2.05, 4.69) is 75.8 Å². The van der Waals surface area contributed by atoms with Gasteiger partial charge in [-0.1, -0.05) is 13.2 Å². The fraction of sp³-hybridized carbons (Fsp3) is 0.600. The summed E-state index contributed by atoms with van der Waals surface area (Å²) in [5, 5.41) is 24.3. The summed E-state index contributed by atoms with van der Waals surface area (Å²) in [6.07, 6.45) is 18.8. The van der Waals surface area contributed by atoms with Crippen molar-refractivity contribution in [3.05, 3.63) is 91.1 Å². The summed E-state index contributed by atoms with van der Waals surface area (Å²) < 4.78 is 13.3. The van der Waals surface area contributed by atoms with Crippen molar-refractivity contribution in [2.75, 3.05) is 89.5 Å². The van der Waals surface area contributed by atoms with Crippen molar-refractivity contribution in [1.29, 1.82) is 10.5 Å². The molecular weight excluding hydrogens is 1020 g/mol. The van der Waals surface area contributed by atoms with Crippen LogP contribution >= 0.6 is 22.7 Å². The van der Waals surface area contributed by atoms with Gasteiger partial charge in [0, 0.05) is 78.8 Å². The Morgan fingerprint density at radius 1 is 0.679 bits per heavy atom. The predicted octanol–water partition coefficient (Wildman–Crippen LogP) is 7.29. The van der Waals surface area contributed by atoms with Crippen molar-refractivity contribution in [2.45, 2.75) is 139 Å². The number of likely N-dealkylation sites (tertiary alicyclic amines) is 2. The van der Waals surface area contributed by atoms with Gasteiger partial charge in [-0.2, -0.15) is 30.5 Å². The zero-order valence-corrected chi connectivity index (χ0v) is 47.2. The lowest BCUT2D eigenvalue weighted by molar-refractivity contribution is -0.129. The van der Waals surface area contributed by atoms with Crippen LogP contribution in [0.5, 0.6) is 12.0 Å². The topological polar surface area (TPSA) is 171 Å². The van der Waals surface area contributed by atoms with Crippen molar-refractivity contribution in [1.82, 2.24) is 39.5 Å². The van der Waals surface area contributed by atoms with Gasteiger partial charge in [-0.3, -0.25) is 14.5 Å². The molecule has 4 saturated heterocycles. The third-order valence-electron chi connectivity index (χ3n) is 19.5. The Morgan fingerprint density at radius 2 is 1.24 bits per heavy atom. The Morgan fingerprint density at radius 3 is 1.81 bits per heavy atom. The molecule has 8 aliphatic rings. The largest absolute Gasteiger partial charge is 0.462 e. The first-order valence-electron chi connectivity index (χ1n) is 28.7. The highest BCUT2D eigenvalue weighted by atomic mass is 32.1. The van der Waals surface area contributed by atoms with E-state index in [1.54, 1.807) is 15.4 Å². The van der Waals surface area contributed by atoms with Gasteiger partial charge in [0.1, 0.15) is 24.8 Å². The molecule has 2 amide bonds. The maximum atomic E-state index is 12.9. The number of piperazine rings is 2. The van der Waals surface area contributed by atoms with Crippen LogP contribution < -0.4 is 19.3 Å². The number of amides is 2. The zero-order chi connectivity index (χ0) is 53.7. The number of ether oxygens (including phenoxy) is 2. The molecule has 4 aliphatic carbocycles. The molecule has 12 rings (SSSR count). The molecule has 0 bridgehead atoms. The van der Waals surface area contributed by atoms with E-state index in [0.717, 1.165) is 132 Å². The quantitative estimate of drug-likeness (QED) is 0.122. The lowest BCUT2D eigenvalue weighted by Crippen LogP contribution is -2.55. The highest BCUT2D eigenvalue weighted by molar-refractivity contribution is 7.10. The third-order valence-corrected chi connectivity index (χ3v) is 21.5. The molecule has 5 unspecified atom stereocenters. The first-order chi connectivity index (χ1) is 37.9. The van der Waals surface area contributed by atoms with Gasteiger partial charge in [-0.05, 0) is 179 Å². The van der Waals surface area contributed by atoms with Crippen LogP contribution in [0.3, 0.4) is 0 Å².